The van der Waals surface area contributed by atoms with Gasteiger partial charge in [0, 0.05) is 16.0 Å². The summed E-state index contributed by atoms with van der Waals surface area (Å²) in [7, 11) is 0. The van der Waals surface area contributed by atoms with E-state index >= 15 is 0 Å². The molecule has 5 rings (SSSR count). The lowest BCUT2D eigenvalue weighted by atomic mass is 10.1. The van der Waals surface area contributed by atoms with Crippen LogP contribution in [0.5, 0.6) is 0 Å². The summed E-state index contributed by atoms with van der Waals surface area (Å²) in [6, 6.07) is 20.8. The zero-order valence-corrected chi connectivity index (χ0v) is 15.1. The summed E-state index contributed by atoms with van der Waals surface area (Å²) in [6.07, 6.45) is 4.08. The molecule has 3 heterocycles. The monoisotopic (exact) mass is 366 g/mol. The minimum absolute atomic E-state index is 0.419. The highest BCUT2D eigenvalue weighted by Gasteiger charge is 2.11. The third-order valence-corrected chi connectivity index (χ3v) is 5.60. The Morgan fingerprint density at radius 3 is 2.67 bits per heavy atom. The van der Waals surface area contributed by atoms with Crippen LogP contribution in [0.2, 0.25) is 0 Å². The second-order valence-corrected chi connectivity index (χ2v) is 7.26. The molecular weight excluding hydrogens is 352 g/mol. The summed E-state index contributed by atoms with van der Waals surface area (Å²) >= 11 is 1.73. The average Bonchev–Trinajstić information content (AvgIpc) is 3.39. The molecule has 0 unspecified atom stereocenters. The summed E-state index contributed by atoms with van der Waals surface area (Å²) in [6.45, 7) is 0. The lowest BCUT2D eigenvalue weighted by Crippen LogP contribution is -1.94. The van der Waals surface area contributed by atoms with Crippen molar-refractivity contribution in [2.45, 2.75) is 6.42 Å². The van der Waals surface area contributed by atoms with E-state index in [4.69, 9.17) is 5.26 Å². The number of hydrogen-bond acceptors (Lipinski definition) is 4. The first-order valence-electron chi connectivity index (χ1n) is 8.59. The van der Waals surface area contributed by atoms with Crippen molar-refractivity contribution in [1.82, 2.24) is 14.5 Å². The Labute approximate surface area is 160 Å². The third-order valence-electron chi connectivity index (χ3n) is 4.68. The van der Waals surface area contributed by atoms with Gasteiger partial charge < -0.3 is 0 Å². The van der Waals surface area contributed by atoms with Crippen LogP contribution in [-0.4, -0.2) is 14.5 Å². The highest BCUT2D eigenvalue weighted by Crippen LogP contribution is 2.31. The van der Waals surface area contributed by atoms with E-state index in [0.29, 0.717) is 6.42 Å². The van der Waals surface area contributed by atoms with Gasteiger partial charge in [0.15, 0.2) is 0 Å². The number of imidazole rings is 1. The minimum Gasteiger partial charge on any atom is -0.298 e. The smallest absolute Gasteiger partial charge is 0.108 e. The van der Waals surface area contributed by atoms with Gasteiger partial charge in [0.1, 0.15) is 11.8 Å². The van der Waals surface area contributed by atoms with Gasteiger partial charge in [0.05, 0.1) is 29.7 Å². The molecular formula is C22H14N4S. The molecule has 0 fully saturated rings. The summed E-state index contributed by atoms with van der Waals surface area (Å²) in [5.41, 5.74) is 6.08. The van der Waals surface area contributed by atoms with Crippen molar-refractivity contribution in [2.75, 3.05) is 0 Å². The van der Waals surface area contributed by atoms with Gasteiger partial charge in [-0.15, -0.1) is 11.3 Å². The maximum atomic E-state index is 8.87. The molecule has 0 aliphatic rings. The summed E-state index contributed by atoms with van der Waals surface area (Å²) in [5.74, 6) is 0. The lowest BCUT2D eigenvalue weighted by Gasteiger charge is -2.08. The fourth-order valence-electron chi connectivity index (χ4n) is 3.35. The zero-order chi connectivity index (χ0) is 18.2. The number of thiophene rings is 1. The predicted molar refractivity (Wildman–Crippen MR) is 109 cm³/mol. The van der Waals surface area contributed by atoms with Crippen molar-refractivity contribution in [3.05, 3.63) is 78.1 Å². The number of nitrogens with zero attached hydrogens (tertiary/aromatic N) is 4. The van der Waals surface area contributed by atoms with Crippen molar-refractivity contribution in [3.8, 4) is 22.2 Å². The molecule has 27 heavy (non-hydrogen) atoms. The maximum absolute atomic E-state index is 8.87. The molecule has 128 valence electrons. The number of aromatic nitrogens is 3. The molecule has 3 aromatic heterocycles. The molecule has 2 aromatic carbocycles. The van der Waals surface area contributed by atoms with Gasteiger partial charge in [-0.3, -0.25) is 9.55 Å². The molecule has 0 N–H and O–H groups in total. The van der Waals surface area contributed by atoms with E-state index in [1.54, 1.807) is 11.3 Å². The minimum atomic E-state index is 0.419. The summed E-state index contributed by atoms with van der Waals surface area (Å²) in [5, 5.41) is 12.0. The SMILES string of the molecule is N#CCc1ccc(-n2cnc3cnc4ccc(-c5cccs5)cc4c32)cc1. The van der Waals surface area contributed by atoms with Crippen LogP contribution in [0.25, 0.3) is 38.1 Å². The number of fused-ring (bicyclic) bond motifs is 3. The Hall–Kier alpha value is -3.49. The second-order valence-electron chi connectivity index (χ2n) is 6.32. The summed E-state index contributed by atoms with van der Waals surface area (Å²) in [4.78, 5) is 10.4. The van der Waals surface area contributed by atoms with E-state index < -0.39 is 0 Å². The Morgan fingerprint density at radius 1 is 1.00 bits per heavy atom. The van der Waals surface area contributed by atoms with E-state index in [0.717, 1.165) is 33.2 Å². The van der Waals surface area contributed by atoms with Gasteiger partial charge in [-0.05, 0) is 46.8 Å². The van der Waals surface area contributed by atoms with Crippen molar-refractivity contribution in [3.63, 3.8) is 0 Å². The van der Waals surface area contributed by atoms with Crippen molar-refractivity contribution < 1.29 is 0 Å². The average molecular weight is 366 g/mol. The topological polar surface area (TPSA) is 54.5 Å². The number of rotatable bonds is 3. The van der Waals surface area contributed by atoms with Crippen molar-refractivity contribution in [2.24, 2.45) is 0 Å². The Bertz CT molecular complexity index is 1290. The molecule has 4 nitrogen and oxygen atoms in total. The van der Waals surface area contributed by atoms with Gasteiger partial charge in [0.25, 0.3) is 0 Å². The number of nitriles is 1. The predicted octanol–water partition coefficient (Wildman–Crippen LogP) is 5.37. The molecule has 0 spiro atoms. The van der Waals surface area contributed by atoms with Crippen LogP contribution in [0.15, 0.2) is 72.5 Å². The van der Waals surface area contributed by atoms with Crippen LogP contribution in [0.3, 0.4) is 0 Å². The fraction of sp³-hybridized carbons (Fsp3) is 0.0455. The van der Waals surface area contributed by atoms with Crippen molar-refractivity contribution in [1.29, 1.82) is 5.26 Å². The van der Waals surface area contributed by atoms with E-state index in [1.165, 1.54) is 10.4 Å². The highest BCUT2D eigenvalue weighted by molar-refractivity contribution is 7.13. The normalized spacial score (nSPS) is 11.1. The van der Waals surface area contributed by atoms with Crippen LogP contribution < -0.4 is 0 Å². The van der Waals surface area contributed by atoms with Crippen LogP contribution in [0, 0.1) is 11.3 Å². The first-order chi connectivity index (χ1) is 13.3. The fourth-order valence-corrected chi connectivity index (χ4v) is 4.07. The van der Waals surface area contributed by atoms with Crippen LogP contribution in [0.4, 0.5) is 0 Å². The number of benzene rings is 2. The lowest BCUT2D eigenvalue weighted by molar-refractivity contribution is 1.09. The molecule has 0 saturated heterocycles. The largest absolute Gasteiger partial charge is 0.298 e. The van der Waals surface area contributed by atoms with Gasteiger partial charge in [-0.2, -0.15) is 5.26 Å². The van der Waals surface area contributed by atoms with E-state index in [-0.39, 0.29) is 0 Å². The van der Waals surface area contributed by atoms with E-state index in [1.807, 2.05) is 36.8 Å². The molecule has 0 amide bonds. The molecule has 0 saturated carbocycles. The molecule has 0 aliphatic carbocycles. The molecule has 0 atom stereocenters. The zero-order valence-electron chi connectivity index (χ0n) is 14.3. The Balaban J connectivity index is 1.73. The first-order valence-corrected chi connectivity index (χ1v) is 9.47. The molecule has 0 aliphatic heterocycles. The summed E-state index contributed by atoms with van der Waals surface area (Å²) < 4.78 is 2.09. The second kappa shape index (κ2) is 6.35. The van der Waals surface area contributed by atoms with Crippen LogP contribution in [-0.2, 0) is 6.42 Å². The Kier molecular flexibility index (Phi) is 3.70. The maximum Gasteiger partial charge on any atom is 0.108 e. The van der Waals surface area contributed by atoms with Gasteiger partial charge >= 0.3 is 0 Å². The third kappa shape index (κ3) is 2.67. The van der Waals surface area contributed by atoms with Crippen LogP contribution >= 0.6 is 11.3 Å². The molecule has 5 heteroatoms. The highest BCUT2D eigenvalue weighted by atomic mass is 32.1. The number of pyridine rings is 1. The van der Waals surface area contributed by atoms with E-state index in [9.17, 15) is 0 Å². The van der Waals surface area contributed by atoms with Gasteiger partial charge in [-0.25, -0.2) is 4.98 Å². The van der Waals surface area contributed by atoms with Gasteiger partial charge in [0.2, 0.25) is 0 Å². The van der Waals surface area contributed by atoms with Crippen molar-refractivity contribution >= 4 is 33.3 Å². The molecule has 0 bridgehead atoms. The van der Waals surface area contributed by atoms with Gasteiger partial charge in [-0.1, -0.05) is 24.3 Å². The molecule has 5 aromatic rings. The molecule has 0 radical (unpaired) electrons. The quantitative estimate of drug-likeness (QED) is 0.431. The first kappa shape index (κ1) is 15.7. The van der Waals surface area contributed by atoms with Crippen LogP contribution in [0.1, 0.15) is 5.56 Å². The standard InChI is InChI=1S/C22H14N4S/c23-10-9-15-3-6-17(7-4-15)26-14-25-20-13-24-19-8-5-16(12-18(19)22(20)26)21-2-1-11-27-21/h1-8,11-14H,9H2. The Morgan fingerprint density at radius 2 is 1.89 bits per heavy atom. The van der Waals surface area contributed by atoms with E-state index in [2.05, 4.69) is 56.3 Å². The number of hydrogen-bond donors (Lipinski definition) is 0.